The highest BCUT2D eigenvalue weighted by Crippen LogP contribution is 2.21. The first-order chi connectivity index (χ1) is 9.60. The van der Waals surface area contributed by atoms with Crippen LogP contribution in [0.1, 0.15) is 11.3 Å². The van der Waals surface area contributed by atoms with Gasteiger partial charge in [0.1, 0.15) is 6.61 Å². The lowest BCUT2D eigenvalue weighted by atomic mass is 10.2. The van der Waals surface area contributed by atoms with Crippen molar-refractivity contribution < 1.29 is 9.66 Å². The molecule has 6 nitrogen and oxygen atoms in total. The minimum absolute atomic E-state index is 0.0448. The van der Waals surface area contributed by atoms with Crippen LogP contribution in [0.5, 0.6) is 5.88 Å². The quantitative estimate of drug-likeness (QED) is 0.365. The summed E-state index contributed by atoms with van der Waals surface area (Å²) in [6.07, 6.45) is 1.88. The molecule has 0 atom stereocenters. The molecule has 0 fully saturated rings. The molecule has 1 aromatic carbocycles. The van der Waals surface area contributed by atoms with E-state index < -0.39 is 4.92 Å². The van der Waals surface area contributed by atoms with Crippen molar-refractivity contribution in [1.29, 1.82) is 0 Å². The van der Waals surface area contributed by atoms with Crippen LogP contribution in [0.25, 0.3) is 0 Å². The summed E-state index contributed by atoms with van der Waals surface area (Å²) in [5.41, 5.74) is 1.35. The number of thioether (sulfide) groups is 1. The monoisotopic (exact) mass is 291 g/mol. The molecule has 0 N–H and O–H groups in total. The predicted molar refractivity (Wildman–Crippen MR) is 76.0 cm³/mol. The number of aromatic nitrogens is 2. The van der Waals surface area contributed by atoms with Crippen molar-refractivity contribution in [2.75, 3.05) is 6.26 Å². The normalized spacial score (nSPS) is 10.3. The molecule has 104 valence electrons. The molecule has 0 saturated carbocycles. The molecule has 1 aromatic heterocycles. The zero-order valence-electron chi connectivity index (χ0n) is 11.1. The number of nitro benzene ring substituents is 1. The van der Waals surface area contributed by atoms with Gasteiger partial charge in [-0.2, -0.15) is 4.98 Å². The Morgan fingerprint density at radius 1 is 1.35 bits per heavy atom. The minimum atomic E-state index is -0.419. The van der Waals surface area contributed by atoms with Crippen molar-refractivity contribution in [2.45, 2.75) is 18.7 Å². The molecule has 20 heavy (non-hydrogen) atoms. The van der Waals surface area contributed by atoms with Crippen LogP contribution in [0.15, 0.2) is 35.5 Å². The van der Waals surface area contributed by atoms with Crippen molar-refractivity contribution in [1.82, 2.24) is 9.97 Å². The van der Waals surface area contributed by atoms with Crippen LogP contribution < -0.4 is 4.74 Å². The fourth-order valence-electron chi connectivity index (χ4n) is 1.64. The molecule has 0 radical (unpaired) electrons. The maximum atomic E-state index is 10.9. The molecule has 1 heterocycles. The highest BCUT2D eigenvalue weighted by molar-refractivity contribution is 7.98. The summed E-state index contributed by atoms with van der Waals surface area (Å²) in [4.78, 5) is 18.9. The zero-order valence-corrected chi connectivity index (χ0v) is 11.9. The topological polar surface area (TPSA) is 78.2 Å². The Kier molecular flexibility index (Phi) is 4.52. The second-order valence-corrected chi connectivity index (χ2v) is 4.78. The van der Waals surface area contributed by atoms with Gasteiger partial charge in [-0.1, -0.05) is 23.9 Å². The fourth-order valence-corrected chi connectivity index (χ4v) is 2.06. The standard InChI is InChI=1S/C13H13N3O3S/c1-9-7-12(15-13(14-9)20-2)19-8-10-5-3-4-6-11(10)16(17)18/h3-7H,8H2,1-2H3. The smallest absolute Gasteiger partial charge is 0.276 e. The van der Waals surface area contributed by atoms with E-state index >= 15 is 0 Å². The van der Waals surface area contributed by atoms with Gasteiger partial charge in [-0.05, 0) is 19.2 Å². The molecule has 0 bridgehead atoms. The van der Waals surface area contributed by atoms with Gasteiger partial charge >= 0.3 is 0 Å². The van der Waals surface area contributed by atoms with Gasteiger partial charge in [0.15, 0.2) is 5.16 Å². The molecule has 2 aromatic rings. The number of para-hydroxylation sites is 1. The Morgan fingerprint density at radius 3 is 2.80 bits per heavy atom. The fraction of sp³-hybridized carbons (Fsp3) is 0.231. The van der Waals surface area contributed by atoms with E-state index in [-0.39, 0.29) is 12.3 Å². The van der Waals surface area contributed by atoms with Gasteiger partial charge in [-0.25, -0.2) is 4.98 Å². The van der Waals surface area contributed by atoms with Crippen molar-refractivity contribution in [3.8, 4) is 5.88 Å². The maximum absolute atomic E-state index is 10.9. The van der Waals surface area contributed by atoms with Crippen molar-refractivity contribution >= 4 is 17.4 Å². The van der Waals surface area contributed by atoms with Gasteiger partial charge in [0.2, 0.25) is 5.88 Å². The van der Waals surface area contributed by atoms with E-state index in [0.717, 1.165) is 5.69 Å². The molecule has 2 rings (SSSR count). The number of aryl methyl sites for hydroxylation is 1. The average molecular weight is 291 g/mol. The maximum Gasteiger partial charge on any atom is 0.276 e. The molecular weight excluding hydrogens is 278 g/mol. The van der Waals surface area contributed by atoms with Gasteiger partial charge in [0.25, 0.3) is 5.69 Å². The summed E-state index contributed by atoms with van der Waals surface area (Å²) >= 11 is 1.42. The Balaban J connectivity index is 2.17. The van der Waals surface area contributed by atoms with E-state index in [1.54, 1.807) is 24.3 Å². The molecule has 0 spiro atoms. The van der Waals surface area contributed by atoms with E-state index in [0.29, 0.717) is 16.6 Å². The number of hydrogen-bond donors (Lipinski definition) is 0. The lowest BCUT2D eigenvalue weighted by molar-refractivity contribution is -0.385. The molecule has 0 unspecified atom stereocenters. The number of benzene rings is 1. The van der Waals surface area contributed by atoms with Crippen LogP contribution in [0.3, 0.4) is 0 Å². The van der Waals surface area contributed by atoms with E-state index in [9.17, 15) is 10.1 Å². The first-order valence-electron chi connectivity index (χ1n) is 5.85. The average Bonchev–Trinajstić information content (AvgIpc) is 2.44. The van der Waals surface area contributed by atoms with Crippen LogP contribution in [-0.4, -0.2) is 21.1 Å². The lowest BCUT2D eigenvalue weighted by Crippen LogP contribution is -2.02. The predicted octanol–water partition coefficient (Wildman–Crippen LogP) is 2.99. The summed E-state index contributed by atoms with van der Waals surface area (Å²) in [6, 6.07) is 8.19. The summed E-state index contributed by atoms with van der Waals surface area (Å²) in [5, 5.41) is 11.5. The highest BCUT2D eigenvalue weighted by atomic mass is 32.2. The number of nitrogens with zero attached hydrogens (tertiary/aromatic N) is 3. The summed E-state index contributed by atoms with van der Waals surface area (Å²) < 4.78 is 5.54. The van der Waals surface area contributed by atoms with E-state index in [1.807, 2.05) is 13.2 Å². The minimum Gasteiger partial charge on any atom is -0.472 e. The number of nitro groups is 1. The van der Waals surface area contributed by atoms with E-state index in [2.05, 4.69) is 9.97 Å². The van der Waals surface area contributed by atoms with Gasteiger partial charge < -0.3 is 4.74 Å². The third-order valence-electron chi connectivity index (χ3n) is 2.56. The molecule has 0 amide bonds. The number of hydrogen-bond acceptors (Lipinski definition) is 6. The molecule has 0 aliphatic rings. The summed E-state index contributed by atoms with van der Waals surface area (Å²) in [7, 11) is 0. The van der Waals surface area contributed by atoms with Crippen LogP contribution in [0, 0.1) is 17.0 Å². The van der Waals surface area contributed by atoms with Gasteiger partial charge in [0.05, 0.1) is 10.5 Å². The Hall–Kier alpha value is -2.15. The van der Waals surface area contributed by atoms with Crippen LogP contribution in [-0.2, 0) is 6.61 Å². The van der Waals surface area contributed by atoms with Crippen LogP contribution in [0.4, 0.5) is 5.69 Å². The van der Waals surface area contributed by atoms with Crippen molar-refractivity contribution in [3.63, 3.8) is 0 Å². The van der Waals surface area contributed by atoms with Crippen LogP contribution >= 0.6 is 11.8 Å². The Bertz CT molecular complexity index is 634. The first kappa shape index (κ1) is 14.3. The second-order valence-electron chi connectivity index (χ2n) is 4.01. The molecule has 0 saturated heterocycles. The Labute approximate surface area is 120 Å². The highest BCUT2D eigenvalue weighted by Gasteiger charge is 2.13. The van der Waals surface area contributed by atoms with E-state index in [4.69, 9.17) is 4.74 Å². The van der Waals surface area contributed by atoms with Gasteiger partial charge in [0, 0.05) is 17.8 Å². The molecule has 7 heteroatoms. The lowest BCUT2D eigenvalue weighted by Gasteiger charge is -2.07. The zero-order chi connectivity index (χ0) is 14.5. The molecule has 0 aliphatic carbocycles. The summed E-state index contributed by atoms with van der Waals surface area (Å²) in [6.45, 7) is 1.95. The van der Waals surface area contributed by atoms with Gasteiger partial charge in [-0.3, -0.25) is 10.1 Å². The SMILES string of the molecule is CSc1nc(C)cc(OCc2ccccc2[N+](=O)[O-])n1. The molecule has 0 aliphatic heterocycles. The summed E-state index contributed by atoms with van der Waals surface area (Å²) in [5.74, 6) is 0.417. The first-order valence-corrected chi connectivity index (χ1v) is 7.07. The third-order valence-corrected chi connectivity index (χ3v) is 3.10. The number of rotatable bonds is 5. The second kappa shape index (κ2) is 6.33. The number of ether oxygens (including phenoxy) is 1. The van der Waals surface area contributed by atoms with Crippen LogP contribution in [0.2, 0.25) is 0 Å². The van der Waals surface area contributed by atoms with Crippen molar-refractivity contribution in [2.24, 2.45) is 0 Å². The largest absolute Gasteiger partial charge is 0.472 e. The van der Waals surface area contributed by atoms with Crippen molar-refractivity contribution in [3.05, 3.63) is 51.7 Å². The third kappa shape index (κ3) is 3.45. The van der Waals surface area contributed by atoms with Gasteiger partial charge in [-0.15, -0.1) is 0 Å². The molecular formula is C13H13N3O3S. The van der Waals surface area contributed by atoms with E-state index in [1.165, 1.54) is 17.8 Å². The Morgan fingerprint density at radius 2 is 2.10 bits per heavy atom.